The van der Waals surface area contributed by atoms with E-state index in [4.69, 9.17) is 4.43 Å². The zero-order valence-corrected chi connectivity index (χ0v) is 16.6. The maximum atomic E-state index is 12.3. The fourth-order valence-electron chi connectivity index (χ4n) is 1.83. The largest absolute Gasteiger partial charge is 0.411 e. The molecule has 0 radical (unpaired) electrons. The molecule has 0 aliphatic rings. The smallest absolute Gasteiger partial charge is 0.192 e. The fourth-order valence-corrected chi connectivity index (χ4v) is 4.03. The van der Waals surface area contributed by atoms with Crippen molar-refractivity contribution >= 4 is 19.1 Å². The molecule has 0 heterocycles. The van der Waals surface area contributed by atoms with Gasteiger partial charge in [0.05, 0.1) is 16.9 Å². The lowest BCUT2D eigenvalue weighted by Gasteiger charge is -2.38. The van der Waals surface area contributed by atoms with Gasteiger partial charge in [-0.25, -0.2) is 4.21 Å². The first kappa shape index (κ1) is 19.3. The van der Waals surface area contributed by atoms with Crippen LogP contribution in [-0.2, 0) is 15.2 Å². The Kier molecular flexibility index (Phi) is 7.23. The van der Waals surface area contributed by atoms with E-state index in [0.29, 0.717) is 0 Å². The molecule has 0 amide bonds. The third-order valence-electron chi connectivity index (χ3n) is 4.22. The van der Waals surface area contributed by atoms with E-state index in [2.05, 4.69) is 40.8 Å². The van der Waals surface area contributed by atoms with Crippen molar-refractivity contribution in [3.8, 4) is 0 Å². The Bertz CT molecular complexity index is 504. The van der Waals surface area contributed by atoms with Crippen molar-refractivity contribution in [3.63, 3.8) is 0 Å². The van der Waals surface area contributed by atoms with Crippen molar-refractivity contribution in [2.45, 2.75) is 69.7 Å². The Morgan fingerprint density at radius 3 is 2.32 bits per heavy atom. The predicted octanol–water partition coefficient (Wildman–Crippen LogP) is 5.50. The molecule has 0 bridgehead atoms. The Morgan fingerprint density at radius 2 is 1.82 bits per heavy atom. The van der Waals surface area contributed by atoms with Crippen molar-refractivity contribution < 1.29 is 8.63 Å². The summed E-state index contributed by atoms with van der Waals surface area (Å²) in [5, 5.41) is 1.97. The third kappa shape index (κ3) is 5.82. The summed E-state index contributed by atoms with van der Waals surface area (Å²) in [6.45, 7) is 13.4. The van der Waals surface area contributed by atoms with Gasteiger partial charge in [0.15, 0.2) is 8.32 Å². The second-order valence-corrected chi connectivity index (χ2v) is 13.2. The molecule has 0 spiro atoms. The van der Waals surface area contributed by atoms with Crippen LogP contribution in [0, 0.1) is 0 Å². The van der Waals surface area contributed by atoms with E-state index in [0.717, 1.165) is 17.7 Å². The van der Waals surface area contributed by atoms with Crippen LogP contribution in [0.25, 0.3) is 0 Å². The summed E-state index contributed by atoms with van der Waals surface area (Å²) in [6.07, 6.45) is 4.07. The third-order valence-corrected chi connectivity index (χ3v) is 9.86. The summed E-state index contributed by atoms with van der Waals surface area (Å²) in [4.78, 5) is 0.835. The summed E-state index contributed by atoms with van der Waals surface area (Å²) in [5.41, 5.74) is 0. The highest BCUT2D eigenvalue weighted by molar-refractivity contribution is 7.88. The van der Waals surface area contributed by atoms with Crippen LogP contribution in [0.4, 0.5) is 0 Å². The van der Waals surface area contributed by atoms with Gasteiger partial charge >= 0.3 is 0 Å². The van der Waals surface area contributed by atoms with Gasteiger partial charge in [-0.3, -0.25) is 0 Å². The Balaban J connectivity index is 2.80. The average molecular weight is 339 g/mol. The first-order valence-electron chi connectivity index (χ1n) is 7.99. The van der Waals surface area contributed by atoms with Crippen LogP contribution in [0.1, 0.15) is 40.5 Å². The monoisotopic (exact) mass is 338 g/mol. The van der Waals surface area contributed by atoms with Crippen LogP contribution in [0.2, 0.25) is 18.1 Å². The first-order chi connectivity index (χ1) is 10.2. The van der Waals surface area contributed by atoms with E-state index in [1.807, 2.05) is 36.4 Å². The molecule has 1 aromatic rings. The second kappa shape index (κ2) is 8.23. The molecule has 124 valence electrons. The molecular formula is C18H30O2SSi. The van der Waals surface area contributed by atoms with E-state index < -0.39 is 19.1 Å². The van der Waals surface area contributed by atoms with Gasteiger partial charge in [0.2, 0.25) is 0 Å². The van der Waals surface area contributed by atoms with Gasteiger partial charge < -0.3 is 4.43 Å². The van der Waals surface area contributed by atoms with Crippen LogP contribution in [-0.4, -0.2) is 18.6 Å². The summed E-state index contributed by atoms with van der Waals surface area (Å²) in [6, 6.07) is 9.55. The molecule has 1 rings (SSSR count). The van der Waals surface area contributed by atoms with E-state index in [1.54, 1.807) is 5.41 Å². The quantitative estimate of drug-likeness (QED) is 0.614. The fraction of sp³-hybridized carbons (Fsp3) is 0.556. The minimum Gasteiger partial charge on any atom is -0.411 e. The van der Waals surface area contributed by atoms with E-state index in [1.165, 1.54) is 0 Å². The van der Waals surface area contributed by atoms with Crippen molar-refractivity contribution in [3.05, 3.63) is 41.8 Å². The second-order valence-electron chi connectivity index (χ2n) is 7.14. The average Bonchev–Trinajstić information content (AvgIpc) is 2.44. The minimum absolute atomic E-state index is 0.0542. The zero-order chi connectivity index (χ0) is 16.8. The minimum atomic E-state index is -1.81. The highest BCUT2D eigenvalue weighted by Gasteiger charge is 2.38. The molecule has 0 aliphatic heterocycles. The van der Waals surface area contributed by atoms with Gasteiger partial charge in [-0.2, -0.15) is 0 Å². The van der Waals surface area contributed by atoms with Crippen LogP contribution in [0.5, 0.6) is 0 Å². The van der Waals surface area contributed by atoms with Crippen LogP contribution in [0.15, 0.2) is 46.7 Å². The molecule has 0 saturated heterocycles. The summed E-state index contributed by atoms with van der Waals surface area (Å²) >= 11 is 0. The Labute approximate surface area is 139 Å². The van der Waals surface area contributed by atoms with Crippen LogP contribution in [0.3, 0.4) is 0 Å². The lowest BCUT2D eigenvalue weighted by Crippen LogP contribution is -2.43. The molecular weight excluding hydrogens is 308 g/mol. The van der Waals surface area contributed by atoms with Gasteiger partial charge in [0, 0.05) is 10.3 Å². The normalized spacial score (nSPS) is 15.9. The molecule has 1 aromatic carbocycles. The van der Waals surface area contributed by atoms with Crippen molar-refractivity contribution in [2.75, 3.05) is 0 Å². The molecule has 22 heavy (non-hydrogen) atoms. The van der Waals surface area contributed by atoms with Crippen molar-refractivity contribution in [1.82, 2.24) is 0 Å². The first-order valence-corrected chi connectivity index (χ1v) is 12.1. The number of benzene rings is 1. The molecule has 0 aromatic heterocycles. The van der Waals surface area contributed by atoms with Crippen molar-refractivity contribution in [1.29, 1.82) is 0 Å². The maximum Gasteiger partial charge on any atom is 0.192 e. The number of hydrogen-bond acceptors (Lipinski definition) is 2. The SMILES string of the molecule is CCC[C@H](/C=C/S(=O)c1ccccc1)O[Si](C)(C)C(C)(C)C. The molecule has 0 saturated carbocycles. The zero-order valence-electron chi connectivity index (χ0n) is 14.8. The Hall–Kier alpha value is -0.713. The molecule has 0 N–H and O–H groups in total. The summed E-state index contributed by atoms with van der Waals surface area (Å²) < 4.78 is 18.7. The molecule has 4 heteroatoms. The standard InChI is InChI=1S/C18H30O2SSi/c1-7-11-16(20-22(5,6)18(2,3)4)14-15-21(19)17-12-9-8-10-13-17/h8-10,12-16H,7,11H2,1-6H3/b15-14+/t16-,21?/m1/s1. The van der Waals surface area contributed by atoms with Gasteiger partial charge in [0.25, 0.3) is 0 Å². The molecule has 1 unspecified atom stereocenters. The van der Waals surface area contributed by atoms with Gasteiger partial charge in [-0.15, -0.1) is 0 Å². The van der Waals surface area contributed by atoms with E-state index in [-0.39, 0.29) is 11.1 Å². The summed E-state index contributed by atoms with van der Waals surface area (Å²) in [5.74, 6) is 0. The number of hydrogen-bond donors (Lipinski definition) is 0. The van der Waals surface area contributed by atoms with Gasteiger partial charge in [0.1, 0.15) is 0 Å². The number of rotatable bonds is 7. The molecule has 2 nitrogen and oxygen atoms in total. The lowest BCUT2D eigenvalue weighted by molar-refractivity contribution is 0.214. The highest BCUT2D eigenvalue weighted by Crippen LogP contribution is 2.37. The molecule has 2 atom stereocenters. The summed E-state index contributed by atoms with van der Waals surface area (Å²) in [7, 11) is -2.91. The Morgan fingerprint density at radius 1 is 1.23 bits per heavy atom. The van der Waals surface area contributed by atoms with E-state index >= 15 is 0 Å². The van der Waals surface area contributed by atoms with Gasteiger partial charge in [-0.05, 0) is 42.8 Å². The van der Waals surface area contributed by atoms with Gasteiger partial charge in [-0.1, -0.05) is 52.3 Å². The van der Waals surface area contributed by atoms with Crippen molar-refractivity contribution in [2.24, 2.45) is 0 Å². The highest BCUT2D eigenvalue weighted by atomic mass is 32.2. The topological polar surface area (TPSA) is 26.3 Å². The van der Waals surface area contributed by atoms with Crippen LogP contribution >= 0.6 is 0 Å². The molecule has 0 aliphatic carbocycles. The lowest BCUT2D eigenvalue weighted by atomic mass is 10.2. The van der Waals surface area contributed by atoms with E-state index in [9.17, 15) is 4.21 Å². The predicted molar refractivity (Wildman–Crippen MR) is 99.0 cm³/mol. The maximum absolute atomic E-state index is 12.3. The molecule has 0 fully saturated rings. The van der Waals surface area contributed by atoms with Crippen LogP contribution < -0.4 is 0 Å².